The Morgan fingerprint density at radius 3 is 2.75 bits per heavy atom. The SMILES string of the molecule is O[C@@H](c1cccnc1)c1cccc(Br)c1F. The van der Waals surface area contributed by atoms with E-state index in [9.17, 15) is 9.50 Å². The summed E-state index contributed by atoms with van der Waals surface area (Å²) in [6, 6.07) is 8.24. The molecular weight excluding hydrogens is 273 g/mol. The zero-order valence-corrected chi connectivity index (χ0v) is 9.86. The molecular formula is C12H9BrFNO. The summed E-state index contributed by atoms with van der Waals surface area (Å²) in [4.78, 5) is 3.89. The first-order valence-electron chi connectivity index (χ1n) is 4.72. The lowest BCUT2D eigenvalue weighted by Gasteiger charge is -2.12. The van der Waals surface area contributed by atoms with E-state index in [1.807, 2.05) is 0 Å². The topological polar surface area (TPSA) is 33.1 Å². The number of rotatable bonds is 2. The molecule has 1 heterocycles. The summed E-state index contributed by atoms with van der Waals surface area (Å²) in [5.41, 5.74) is 0.807. The second-order valence-corrected chi connectivity index (χ2v) is 4.19. The van der Waals surface area contributed by atoms with Crippen molar-refractivity contribution in [3.63, 3.8) is 0 Å². The van der Waals surface area contributed by atoms with Gasteiger partial charge in [-0.05, 0) is 28.1 Å². The quantitative estimate of drug-likeness (QED) is 0.918. The van der Waals surface area contributed by atoms with Crippen LogP contribution in [0.25, 0.3) is 0 Å². The van der Waals surface area contributed by atoms with Gasteiger partial charge in [-0.15, -0.1) is 0 Å². The number of halogens is 2. The van der Waals surface area contributed by atoms with E-state index in [1.54, 1.807) is 36.5 Å². The number of hydrogen-bond acceptors (Lipinski definition) is 2. The molecule has 2 aromatic rings. The van der Waals surface area contributed by atoms with Crippen LogP contribution in [0.3, 0.4) is 0 Å². The Morgan fingerprint density at radius 1 is 1.25 bits per heavy atom. The summed E-state index contributed by atoms with van der Waals surface area (Å²) >= 11 is 3.09. The van der Waals surface area contributed by atoms with Gasteiger partial charge in [0.15, 0.2) is 0 Å². The van der Waals surface area contributed by atoms with Gasteiger partial charge in [-0.25, -0.2) is 4.39 Å². The van der Waals surface area contributed by atoms with E-state index in [1.165, 1.54) is 6.20 Å². The molecule has 82 valence electrons. The van der Waals surface area contributed by atoms with E-state index in [4.69, 9.17) is 0 Å². The standard InChI is InChI=1S/C12H9BrFNO/c13-10-5-1-4-9(11(10)14)12(16)8-3-2-6-15-7-8/h1-7,12,16H/t12-/m0/s1. The Kier molecular flexibility index (Phi) is 3.31. The van der Waals surface area contributed by atoms with Crippen molar-refractivity contribution in [3.05, 3.63) is 64.1 Å². The molecule has 2 rings (SSSR count). The van der Waals surface area contributed by atoms with E-state index in [2.05, 4.69) is 20.9 Å². The van der Waals surface area contributed by atoms with Gasteiger partial charge in [0.2, 0.25) is 0 Å². The maximum Gasteiger partial charge on any atom is 0.143 e. The van der Waals surface area contributed by atoms with Gasteiger partial charge in [0.25, 0.3) is 0 Å². The van der Waals surface area contributed by atoms with Crippen LogP contribution in [0, 0.1) is 5.82 Å². The smallest absolute Gasteiger partial charge is 0.143 e. The van der Waals surface area contributed by atoms with Crippen LogP contribution < -0.4 is 0 Å². The van der Waals surface area contributed by atoms with Crippen LogP contribution in [0.15, 0.2) is 47.2 Å². The third-order valence-corrected chi connectivity index (χ3v) is 2.89. The molecule has 0 aliphatic heterocycles. The molecule has 2 nitrogen and oxygen atoms in total. The Labute approximate surface area is 101 Å². The van der Waals surface area contributed by atoms with Gasteiger partial charge < -0.3 is 5.11 Å². The summed E-state index contributed by atoms with van der Waals surface area (Å²) in [6.07, 6.45) is 2.13. The average Bonchev–Trinajstić information content (AvgIpc) is 2.33. The minimum Gasteiger partial charge on any atom is -0.383 e. The molecule has 0 amide bonds. The summed E-state index contributed by atoms with van der Waals surface area (Å²) in [6.45, 7) is 0. The molecule has 4 heteroatoms. The first-order valence-corrected chi connectivity index (χ1v) is 5.51. The number of aromatic nitrogens is 1. The molecule has 16 heavy (non-hydrogen) atoms. The van der Waals surface area contributed by atoms with Crippen molar-refractivity contribution in [1.82, 2.24) is 4.98 Å². The van der Waals surface area contributed by atoms with Crippen molar-refractivity contribution >= 4 is 15.9 Å². The van der Waals surface area contributed by atoms with Crippen molar-refractivity contribution in [3.8, 4) is 0 Å². The van der Waals surface area contributed by atoms with Crippen molar-refractivity contribution in [2.24, 2.45) is 0 Å². The molecule has 1 aromatic carbocycles. The first-order chi connectivity index (χ1) is 7.70. The highest BCUT2D eigenvalue weighted by Crippen LogP contribution is 2.27. The van der Waals surface area contributed by atoms with Crippen LogP contribution >= 0.6 is 15.9 Å². The monoisotopic (exact) mass is 281 g/mol. The molecule has 1 aromatic heterocycles. The summed E-state index contributed by atoms with van der Waals surface area (Å²) in [5.74, 6) is -0.446. The van der Waals surface area contributed by atoms with E-state index >= 15 is 0 Å². The van der Waals surface area contributed by atoms with Crippen LogP contribution in [-0.2, 0) is 0 Å². The Hall–Kier alpha value is -1.26. The number of nitrogens with zero attached hydrogens (tertiary/aromatic N) is 1. The zero-order chi connectivity index (χ0) is 11.5. The molecule has 0 aliphatic carbocycles. The fourth-order valence-electron chi connectivity index (χ4n) is 1.45. The van der Waals surface area contributed by atoms with E-state index in [-0.39, 0.29) is 5.56 Å². The molecule has 1 atom stereocenters. The number of aliphatic hydroxyl groups is 1. The first kappa shape index (κ1) is 11.2. The second-order valence-electron chi connectivity index (χ2n) is 3.33. The molecule has 0 bridgehead atoms. The lowest BCUT2D eigenvalue weighted by molar-refractivity contribution is 0.214. The summed E-state index contributed by atoms with van der Waals surface area (Å²) in [7, 11) is 0. The van der Waals surface area contributed by atoms with Crippen LogP contribution in [0.4, 0.5) is 4.39 Å². The highest BCUT2D eigenvalue weighted by atomic mass is 79.9. The third-order valence-electron chi connectivity index (χ3n) is 2.28. The zero-order valence-electron chi connectivity index (χ0n) is 8.27. The predicted octanol–water partition coefficient (Wildman–Crippen LogP) is 3.06. The fraction of sp³-hybridized carbons (Fsp3) is 0.0833. The van der Waals surface area contributed by atoms with Crippen molar-refractivity contribution in [2.75, 3.05) is 0 Å². The molecule has 0 unspecified atom stereocenters. The van der Waals surface area contributed by atoms with E-state index < -0.39 is 11.9 Å². The van der Waals surface area contributed by atoms with Crippen LogP contribution in [0.1, 0.15) is 17.2 Å². The van der Waals surface area contributed by atoms with Crippen LogP contribution in [0.5, 0.6) is 0 Å². The van der Waals surface area contributed by atoms with Crippen molar-refractivity contribution in [2.45, 2.75) is 6.10 Å². The van der Waals surface area contributed by atoms with Gasteiger partial charge in [0.05, 0.1) is 4.47 Å². The van der Waals surface area contributed by atoms with Crippen molar-refractivity contribution < 1.29 is 9.50 Å². The molecule has 0 fully saturated rings. The molecule has 1 N–H and O–H groups in total. The van der Waals surface area contributed by atoms with Gasteiger partial charge in [-0.1, -0.05) is 18.2 Å². The van der Waals surface area contributed by atoms with Crippen LogP contribution in [0.2, 0.25) is 0 Å². The van der Waals surface area contributed by atoms with Gasteiger partial charge in [0.1, 0.15) is 11.9 Å². The Balaban J connectivity index is 2.42. The van der Waals surface area contributed by atoms with Gasteiger partial charge in [-0.3, -0.25) is 4.98 Å². The Bertz CT molecular complexity index is 490. The second kappa shape index (κ2) is 4.72. The lowest BCUT2D eigenvalue weighted by atomic mass is 10.0. The van der Waals surface area contributed by atoms with E-state index in [0.29, 0.717) is 10.0 Å². The minimum absolute atomic E-state index is 0.238. The fourth-order valence-corrected chi connectivity index (χ4v) is 1.83. The molecule has 0 radical (unpaired) electrons. The molecule has 0 saturated heterocycles. The molecule has 0 aliphatic rings. The number of pyridine rings is 1. The maximum atomic E-state index is 13.7. The van der Waals surface area contributed by atoms with Gasteiger partial charge in [0, 0.05) is 23.5 Å². The maximum absolute atomic E-state index is 13.7. The normalized spacial score (nSPS) is 12.4. The van der Waals surface area contributed by atoms with Gasteiger partial charge in [-0.2, -0.15) is 0 Å². The number of aliphatic hydroxyl groups excluding tert-OH is 1. The third kappa shape index (κ3) is 2.13. The van der Waals surface area contributed by atoms with Crippen molar-refractivity contribution in [1.29, 1.82) is 0 Å². The highest BCUT2D eigenvalue weighted by Gasteiger charge is 2.16. The highest BCUT2D eigenvalue weighted by molar-refractivity contribution is 9.10. The largest absolute Gasteiger partial charge is 0.383 e. The lowest BCUT2D eigenvalue weighted by Crippen LogP contribution is -2.03. The Morgan fingerprint density at radius 2 is 2.06 bits per heavy atom. The molecule has 0 saturated carbocycles. The average molecular weight is 282 g/mol. The van der Waals surface area contributed by atoms with Gasteiger partial charge >= 0.3 is 0 Å². The molecule has 0 spiro atoms. The van der Waals surface area contributed by atoms with Crippen LogP contribution in [-0.4, -0.2) is 10.1 Å². The summed E-state index contributed by atoms with van der Waals surface area (Å²) in [5, 5.41) is 10.00. The van der Waals surface area contributed by atoms with E-state index in [0.717, 1.165) is 0 Å². The number of hydrogen-bond donors (Lipinski definition) is 1. The number of benzene rings is 1. The predicted molar refractivity (Wildman–Crippen MR) is 62.4 cm³/mol. The minimum atomic E-state index is -0.994. The summed E-state index contributed by atoms with van der Waals surface area (Å²) < 4.78 is 14.1.